The summed E-state index contributed by atoms with van der Waals surface area (Å²) in [7, 11) is 10.6. The van der Waals surface area contributed by atoms with E-state index in [2.05, 4.69) is 69.0 Å². The minimum Gasteiger partial charge on any atom is -0.301 e. The minimum atomic E-state index is -1.63. The Balaban J connectivity index is 5.58. The Morgan fingerprint density at radius 2 is 0.944 bits per heavy atom. The van der Waals surface area contributed by atoms with Gasteiger partial charge in [-0.1, -0.05) is 0 Å². The van der Waals surface area contributed by atoms with E-state index < -0.39 is 14.3 Å². The molecule has 0 aromatic heterocycles. The van der Waals surface area contributed by atoms with Crippen LogP contribution < -0.4 is 0 Å². The quantitative estimate of drug-likeness (QED) is 0.484. The molecule has 0 aromatic rings. The molecule has 4 heteroatoms. The van der Waals surface area contributed by atoms with Gasteiger partial charge in [0.1, 0.15) is 0 Å². The van der Waals surface area contributed by atoms with Crippen LogP contribution in [0.2, 0.25) is 0 Å². The monoisotopic (exact) mass is 284 g/mol. The molecule has 0 saturated carbocycles. The molecule has 18 heavy (non-hydrogen) atoms. The number of rotatable bonds is 2. The molecule has 0 fully saturated rings. The molecule has 0 N–H and O–H groups in total. The molecular weight excluding hydrogens is 252 g/mol. The zero-order chi connectivity index (χ0) is 15.2. The average molecular weight is 284 g/mol. The topological polar surface area (TPSA) is 0 Å². The van der Waals surface area contributed by atoms with Crippen LogP contribution in [0.3, 0.4) is 0 Å². The fraction of sp³-hybridized carbons (Fsp3) is 1.00. The molecule has 0 rings (SSSR count). The van der Waals surface area contributed by atoms with Gasteiger partial charge >= 0.3 is 0 Å². The molecule has 0 aliphatic rings. The maximum absolute atomic E-state index is 6.99. The lowest BCUT2D eigenvalue weighted by Gasteiger charge is -2.61. The second-order valence-electron chi connectivity index (χ2n) is 8.79. The van der Waals surface area contributed by atoms with Crippen molar-refractivity contribution in [3.05, 3.63) is 0 Å². The molecule has 1 unspecified atom stereocenters. The summed E-state index contributed by atoms with van der Waals surface area (Å²) in [5, 5.41) is 0.475. The van der Waals surface area contributed by atoms with Crippen molar-refractivity contribution in [3.63, 3.8) is 0 Å². The second-order valence-corrected chi connectivity index (χ2v) is 18.2. The van der Waals surface area contributed by atoms with Crippen molar-refractivity contribution in [2.24, 2.45) is 0 Å². The first-order valence-electron chi connectivity index (χ1n) is 6.77. The molecule has 0 nitrogen and oxygen atoms in total. The van der Waals surface area contributed by atoms with E-state index in [0.29, 0.717) is 0 Å². The Labute approximate surface area is 120 Å². The van der Waals surface area contributed by atoms with Gasteiger partial charge in [0.2, 0.25) is 0 Å². The summed E-state index contributed by atoms with van der Waals surface area (Å²) < 4.78 is 0. The van der Waals surface area contributed by atoms with Crippen LogP contribution in [0.5, 0.6) is 0 Å². The predicted octanol–water partition coefficient (Wildman–Crippen LogP) is 5.17. The molecule has 0 saturated heterocycles. The summed E-state index contributed by atoms with van der Waals surface area (Å²) >= 11 is 0. The summed E-state index contributed by atoms with van der Waals surface area (Å²) in [6, 6.07) is 0. The molecule has 0 bridgehead atoms. The van der Waals surface area contributed by atoms with Crippen LogP contribution in [0.15, 0.2) is 0 Å². The van der Waals surface area contributed by atoms with Crippen LogP contribution in [0.1, 0.15) is 62.3 Å². The molecule has 0 aliphatic heterocycles. The fourth-order valence-electron chi connectivity index (χ4n) is 2.11. The van der Waals surface area contributed by atoms with Gasteiger partial charge in [0.15, 0.2) is 0 Å². The summed E-state index contributed by atoms with van der Waals surface area (Å²) in [4.78, 5) is 0. The molecule has 104 valence electrons. The van der Waals surface area contributed by atoms with Crippen molar-refractivity contribution in [2.45, 2.75) is 77.8 Å². The fourth-order valence-corrected chi connectivity index (χ4v) is 12.9. The summed E-state index contributed by atoms with van der Waals surface area (Å²) in [6.07, 6.45) is 0. The smallest absolute Gasteiger partial charge is 0.0662 e. The third kappa shape index (κ3) is 3.76. The van der Waals surface area contributed by atoms with Gasteiger partial charge in [-0.25, -0.2) is 14.3 Å². The van der Waals surface area contributed by atoms with Gasteiger partial charge in [0, 0.05) is 22.1 Å². The Bertz CT molecular complexity index is 276. The van der Waals surface area contributed by atoms with E-state index in [9.17, 15) is 0 Å². The van der Waals surface area contributed by atoms with Gasteiger partial charge in [-0.05, 0) is 62.3 Å². The van der Waals surface area contributed by atoms with E-state index in [1.807, 2.05) is 0 Å². The Kier molecular flexibility index (Phi) is 5.35. The molecule has 1 atom stereocenters. The molecular formula is C14H32B2P2. The molecule has 0 aliphatic carbocycles. The van der Waals surface area contributed by atoms with E-state index >= 15 is 0 Å². The first kappa shape index (κ1) is 19.0. The molecule has 0 heterocycles. The first-order chi connectivity index (χ1) is 7.46. The van der Waals surface area contributed by atoms with E-state index in [4.69, 9.17) is 15.1 Å². The molecule has 6 radical (unpaired) electrons. The van der Waals surface area contributed by atoms with Crippen molar-refractivity contribution in [2.75, 3.05) is 12.6 Å². The predicted molar refractivity (Wildman–Crippen MR) is 95.4 cm³/mol. The lowest BCUT2D eigenvalue weighted by molar-refractivity contribution is 0.701. The SMILES string of the molecule is [B-][P+](C)(C[P+]([B-])(C(C)(C)C)C(C)(C)C)C(C)(C)C. The summed E-state index contributed by atoms with van der Waals surface area (Å²) in [5.74, 6) is 1.04. The first-order valence-corrected chi connectivity index (χ1v) is 11.3. The maximum Gasteiger partial charge on any atom is 0.0662 e. The van der Waals surface area contributed by atoms with Crippen LogP contribution in [0.4, 0.5) is 0 Å². The van der Waals surface area contributed by atoms with Crippen molar-refractivity contribution >= 4 is 29.4 Å². The van der Waals surface area contributed by atoms with Gasteiger partial charge in [-0.15, -0.1) is 0 Å². The van der Waals surface area contributed by atoms with Crippen LogP contribution in [0.25, 0.3) is 0 Å². The van der Waals surface area contributed by atoms with Crippen LogP contribution in [-0.4, -0.2) is 43.2 Å². The van der Waals surface area contributed by atoms with Gasteiger partial charge < -0.3 is 15.1 Å². The highest BCUT2D eigenvalue weighted by atomic mass is 31.2. The molecule has 0 aromatic carbocycles. The third-order valence-corrected chi connectivity index (χ3v) is 16.4. The Morgan fingerprint density at radius 3 is 1.11 bits per heavy atom. The second kappa shape index (κ2) is 5.07. The van der Waals surface area contributed by atoms with E-state index in [0.717, 1.165) is 5.90 Å². The van der Waals surface area contributed by atoms with E-state index in [1.165, 1.54) is 0 Å². The normalized spacial score (nSPS) is 18.7. The zero-order valence-electron chi connectivity index (χ0n) is 14.3. The summed E-state index contributed by atoms with van der Waals surface area (Å²) in [5.41, 5.74) is 0. The zero-order valence-corrected chi connectivity index (χ0v) is 16.0. The highest BCUT2D eigenvalue weighted by Crippen LogP contribution is 2.82. The van der Waals surface area contributed by atoms with Crippen LogP contribution in [0, 0.1) is 0 Å². The lowest BCUT2D eigenvalue weighted by atomic mass is 10.2. The Morgan fingerprint density at radius 1 is 0.667 bits per heavy atom. The highest BCUT2D eigenvalue weighted by Gasteiger charge is 2.47. The average Bonchev–Trinajstić information content (AvgIpc) is 1.95. The lowest BCUT2D eigenvalue weighted by Crippen LogP contribution is -2.38. The third-order valence-electron chi connectivity index (χ3n) is 4.44. The number of hydrogen-bond acceptors (Lipinski definition) is 0. The van der Waals surface area contributed by atoms with E-state index in [-0.39, 0.29) is 15.5 Å². The van der Waals surface area contributed by atoms with Gasteiger partial charge in [0.25, 0.3) is 0 Å². The molecule has 0 spiro atoms. The van der Waals surface area contributed by atoms with Gasteiger partial charge in [-0.3, -0.25) is 0 Å². The van der Waals surface area contributed by atoms with Crippen LogP contribution in [-0.2, 0) is 0 Å². The van der Waals surface area contributed by atoms with Crippen molar-refractivity contribution in [1.29, 1.82) is 0 Å². The largest absolute Gasteiger partial charge is 0.301 e. The van der Waals surface area contributed by atoms with Crippen molar-refractivity contribution in [1.82, 2.24) is 0 Å². The summed E-state index contributed by atoms with van der Waals surface area (Å²) in [6.45, 7) is 22.8. The minimum absolute atomic E-state index is 0.150. The standard InChI is InChI=1S/C14H32B2P2/c1-12(2,3)17(10,15)11-18(16,13(4,5)6)14(7,8)9/h11H2,1-10H3. The highest BCUT2D eigenvalue weighted by molar-refractivity contribution is 8.12. The molecule has 0 amide bonds. The van der Waals surface area contributed by atoms with Gasteiger partial charge in [0.05, 0.1) is 5.90 Å². The van der Waals surface area contributed by atoms with Crippen LogP contribution >= 0.6 is 14.3 Å². The van der Waals surface area contributed by atoms with Gasteiger partial charge in [-0.2, -0.15) is 0 Å². The number of hydrogen-bond donors (Lipinski definition) is 0. The van der Waals surface area contributed by atoms with Crippen molar-refractivity contribution in [3.8, 4) is 0 Å². The Hall–Kier alpha value is 0.990. The van der Waals surface area contributed by atoms with E-state index in [1.54, 1.807) is 0 Å². The maximum atomic E-state index is 6.99. The van der Waals surface area contributed by atoms with Crippen molar-refractivity contribution < 1.29 is 0 Å².